The van der Waals surface area contributed by atoms with E-state index in [0.717, 1.165) is 44.9 Å². The lowest BCUT2D eigenvalue weighted by molar-refractivity contribution is 0.000808. The molecule has 0 N–H and O–H groups in total. The summed E-state index contributed by atoms with van der Waals surface area (Å²) < 4.78 is 5.53. The van der Waals surface area contributed by atoms with Gasteiger partial charge in [-0.1, -0.05) is 30.3 Å². The van der Waals surface area contributed by atoms with Crippen LogP contribution in [0.4, 0.5) is 0 Å². The van der Waals surface area contributed by atoms with E-state index < -0.39 is 0 Å². The van der Waals surface area contributed by atoms with Crippen LogP contribution in [0.25, 0.3) is 0 Å². The molecule has 20 heavy (non-hydrogen) atoms. The molecule has 0 aromatic heterocycles. The van der Waals surface area contributed by atoms with Crippen LogP contribution in [-0.4, -0.2) is 36.5 Å². The fraction of sp³-hybridized carbons (Fsp3) is 0.647. The molecule has 0 bridgehead atoms. The highest BCUT2D eigenvalue weighted by Gasteiger charge is 2.33. The van der Waals surface area contributed by atoms with E-state index in [4.69, 9.17) is 4.74 Å². The molecule has 0 unspecified atom stereocenters. The van der Waals surface area contributed by atoms with Gasteiger partial charge >= 0.3 is 0 Å². The predicted molar refractivity (Wildman–Crippen MR) is 88.3 cm³/mol. The quantitative estimate of drug-likeness (QED) is 0.804. The molecule has 0 amide bonds. The monoisotopic (exact) mass is 293 g/mol. The number of nitrogens with zero attached hydrogens (tertiary/aromatic N) is 1. The van der Waals surface area contributed by atoms with E-state index in [0.29, 0.717) is 11.5 Å². The number of ether oxygens (including phenoxy) is 1. The number of thiol groups is 1. The molecular weight excluding hydrogens is 266 g/mol. The van der Waals surface area contributed by atoms with Crippen LogP contribution in [0.3, 0.4) is 0 Å². The molecule has 0 saturated carbocycles. The van der Waals surface area contributed by atoms with Crippen molar-refractivity contribution >= 4 is 12.6 Å². The molecule has 1 saturated heterocycles. The maximum atomic E-state index is 5.53. The van der Waals surface area contributed by atoms with Gasteiger partial charge in [0, 0.05) is 32.3 Å². The van der Waals surface area contributed by atoms with Crippen molar-refractivity contribution in [1.82, 2.24) is 4.90 Å². The van der Waals surface area contributed by atoms with Gasteiger partial charge in [0.25, 0.3) is 0 Å². The number of hydrogen-bond acceptors (Lipinski definition) is 3. The van der Waals surface area contributed by atoms with Crippen molar-refractivity contribution < 1.29 is 4.74 Å². The Kier molecular flexibility index (Phi) is 5.94. The van der Waals surface area contributed by atoms with Crippen LogP contribution in [0.1, 0.15) is 32.3 Å². The molecule has 0 spiro atoms. The maximum Gasteiger partial charge on any atom is 0.0472 e. The van der Waals surface area contributed by atoms with E-state index in [9.17, 15) is 0 Å². The molecule has 2 nitrogen and oxygen atoms in total. The van der Waals surface area contributed by atoms with Gasteiger partial charge in [-0.25, -0.2) is 0 Å². The maximum absolute atomic E-state index is 5.53. The summed E-state index contributed by atoms with van der Waals surface area (Å²) in [4.78, 5) is 2.58. The van der Waals surface area contributed by atoms with Crippen LogP contribution >= 0.6 is 12.6 Å². The Morgan fingerprint density at radius 1 is 1.20 bits per heavy atom. The summed E-state index contributed by atoms with van der Waals surface area (Å²) in [5.74, 6) is 0.953. The first-order chi connectivity index (χ1) is 9.65. The molecule has 1 fully saturated rings. The van der Waals surface area contributed by atoms with E-state index in [1.54, 1.807) is 0 Å². The highest BCUT2D eigenvalue weighted by Crippen LogP contribution is 2.33. The minimum Gasteiger partial charge on any atom is -0.381 e. The second kappa shape index (κ2) is 7.48. The average molecular weight is 293 g/mol. The molecule has 0 aliphatic carbocycles. The van der Waals surface area contributed by atoms with Crippen molar-refractivity contribution in [3.05, 3.63) is 35.9 Å². The van der Waals surface area contributed by atoms with Gasteiger partial charge in [0.05, 0.1) is 0 Å². The lowest BCUT2D eigenvalue weighted by Crippen LogP contribution is -2.45. The summed E-state index contributed by atoms with van der Waals surface area (Å²) in [5.41, 5.74) is 1.71. The zero-order chi connectivity index (χ0) is 14.4. The molecule has 0 atom stereocenters. The highest BCUT2D eigenvalue weighted by molar-refractivity contribution is 7.80. The lowest BCUT2D eigenvalue weighted by atomic mass is 9.81. The third-order valence-electron chi connectivity index (χ3n) is 4.39. The average Bonchev–Trinajstić information content (AvgIpc) is 2.48. The van der Waals surface area contributed by atoms with Crippen LogP contribution in [0, 0.1) is 5.41 Å². The fourth-order valence-electron chi connectivity index (χ4n) is 2.84. The Morgan fingerprint density at radius 3 is 2.40 bits per heavy atom. The summed E-state index contributed by atoms with van der Waals surface area (Å²) in [7, 11) is 0. The predicted octanol–water partition coefficient (Wildman–Crippen LogP) is 3.62. The van der Waals surface area contributed by atoms with Gasteiger partial charge in [0.1, 0.15) is 0 Å². The van der Waals surface area contributed by atoms with Crippen molar-refractivity contribution in [1.29, 1.82) is 0 Å². The summed E-state index contributed by atoms with van der Waals surface area (Å²) in [5, 5.41) is 0. The molecule has 1 aromatic rings. The smallest absolute Gasteiger partial charge is 0.0472 e. The zero-order valence-corrected chi connectivity index (χ0v) is 13.6. The Bertz CT molecular complexity index is 387. The summed E-state index contributed by atoms with van der Waals surface area (Å²) in [6.45, 7) is 8.49. The lowest BCUT2D eigenvalue weighted by Gasteiger charge is -2.41. The first-order valence-corrected chi connectivity index (χ1v) is 8.25. The van der Waals surface area contributed by atoms with Crippen molar-refractivity contribution in [2.75, 3.05) is 25.5 Å². The molecule has 3 heteroatoms. The second-order valence-corrected chi connectivity index (χ2v) is 6.57. The summed E-state index contributed by atoms with van der Waals surface area (Å²) >= 11 is 4.64. The third kappa shape index (κ3) is 4.24. The van der Waals surface area contributed by atoms with Gasteiger partial charge in [-0.05, 0) is 43.4 Å². The van der Waals surface area contributed by atoms with Gasteiger partial charge in [-0.15, -0.1) is 0 Å². The van der Waals surface area contributed by atoms with E-state index >= 15 is 0 Å². The Balaban J connectivity index is 2.04. The second-order valence-electron chi connectivity index (χ2n) is 6.25. The number of rotatable bonds is 6. The van der Waals surface area contributed by atoms with Gasteiger partial charge in [-0.2, -0.15) is 12.6 Å². The van der Waals surface area contributed by atoms with Gasteiger partial charge < -0.3 is 4.74 Å². The van der Waals surface area contributed by atoms with Crippen molar-refractivity contribution in [2.24, 2.45) is 5.41 Å². The Hall–Kier alpha value is -0.510. The zero-order valence-electron chi connectivity index (χ0n) is 12.7. The van der Waals surface area contributed by atoms with E-state index in [1.165, 1.54) is 5.56 Å². The third-order valence-corrected chi connectivity index (χ3v) is 5.06. The number of hydrogen-bond donors (Lipinski definition) is 1. The SMILES string of the molecule is CC(C)N(Cc1ccccc1)CC1(CS)CCOCC1. The molecule has 1 aliphatic heterocycles. The Morgan fingerprint density at radius 2 is 1.85 bits per heavy atom. The topological polar surface area (TPSA) is 12.5 Å². The van der Waals surface area contributed by atoms with E-state index in [1.807, 2.05) is 0 Å². The molecular formula is C17H27NOS. The van der Waals surface area contributed by atoms with Gasteiger partial charge in [0.15, 0.2) is 0 Å². The molecule has 1 aromatic carbocycles. The summed E-state index contributed by atoms with van der Waals surface area (Å²) in [6, 6.07) is 11.3. The van der Waals surface area contributed by atoms with Crippen molar-refractivity contribution in [3.63, 3.8) is 0 Å². The molecule has 1 aliphatic rings. The van der Waals surface area contributed by atoms with Crippen LogP contribution in [0.2, 0.25) is 0 Å². The largest absolute Gasteiger partial charge is 0.381 e. The van der Waals surface area contributed by atoms with Crippen molar-refractivity contribution in [3.8, 4) is 0 Å². The van der Waals surface area contributed by atoms with Crippen LogP contribution < -0.4 is 0 Å². The van der Waals surface area contributed by atoms with E-state index in [-0.39, 0.29) is 0 Å². The minimum atomic E-state index is 0.320. The van der Waals surface area contributed by atoms with Crippen LogP contribution in [0.5, 0.6) is 0 Å². The highest BCUT2D eigenvalue weighted by atomic mass is 32.1. The van der Waals surface area contributed by atoms with Crippen molar-refractivity contribution in [2.45, 2.75) is 39.3 Å². The van der Waals surface area contributed by atoms with Gasteiger partial charge in [0.2, 0.25) is 0 Å². The minimum absolute atomic E-state index is 0.320. The summed E-state index contributed by atoms with van der Waals surface area (Å²) in [6.07, 6.45) is 2.27. The van der Waals surface area contributed by atoms with Crippen LogP contribution in [0.15, 0.2) is 30.3 Å². The standard InChI is InChI=1S/C17H27NOS/c1-15(2)18(12-16-6-4-3-5-7-16)13-17(14-20)8-10-19-11-9-17/h3-7,15,20H,8-14H2,1-2H3. The van der Waals surface area contributed by atoms with Gasteiger partial charge in [-0.3, -0.25) is 4.90 Å². The number of benzene rings is 1. The normalized spacial score (nSPS) is 18.6. The first-order valence-electron chi connectivity index (χ1n) is 7.62. The first kappa shape index (κ1) is 15.9. The molecule has 112 valence electrons. The molecule has 1 heterocycles. The van der Waals surface area contributed by atoms with Crippen LogP contribution in [-0.2, 0) is 11.3 Å². The molecule has 2 rings (SSSR count). The Labute approximate surface area is 128 Å². The fourth-order valence-corrected chi connectivity index (χ4v) is 3.26. The molecule has 0 radical (unpaired) electrons. The van der Waals surface area contributed by atoms with E-state index in [2.05, 4.69) is 61.7 Å².